The molecule has 1 amide bonds. The highest BCUT2D eigenvalue weighted by molar-refractivity contribution is 7.92. The summed E-state index contributed by atoms with van der Waals surface area (Å²) in [5.41, 5.74) is -0.459. The molecule has 6 nitrogen and oxygen atoms in total. The molecule has 0 radical (unpaired) electrons. The van der Waals surface area contributed by atoms with E-state index in [9.17, 15) is 23.1 Å². The minimum absolute atomic E-state index is 0.280. The lowest BCUT2D eigenvalue weighted by molar-refractivity contribution is -0.148. The number of carbonyl (C=O) groups is 2. The van der Waals surface area contributed by atoms with Gasteiger partial charge in [-0.2, -0.15) is 0 Å². The quantitative estimate of drug-likeness (QED) is 0.344. The third-order valence-electron chi connectivity index (χ3n) is 8.31. The molecule has 5 atom stereocenters. The van der Waals surface area contributed by atoms with E-state index in [-0.39, 0.29) is 24.2 Å². The fraction of sp³-hybridized carbons (Fsp3) is 0.517. The molecule has 1 unspecified atom stereocenters. The molecule has 3 rings (SSSR count). The Morgan fingerprint density at radius 3 is 2.24 bits per heavy atom. The third kappa shape index (κ3) is 6.05. The van der Waals surface area contributed by atoms with Gasteiger partial charge in [0.25, 0.3) is 0 Å². The number of hydrogen-bond donors (Lipinski definition) is 2. The summed E-state index contributed by atoms with van der Waals surface area (Å²) < 4.78 is 27.7. The predicted octanol–water partition coefficient (Wildman–Crippen LogP) is 6.67. The van der Waals surface area contributed by atoms with Gasteiger partial charge in [-0.3, -0.25) is 9.59 Å². The molecule has 2 aromatic carbocycles. The summed E-state index contributed by atoms with van der Waals surface area (Å²) in [5.74, 6) is -2.01. The summed E-state index contributed by atoms with van der Waals surface area (Å²) in [6.45, 7) is 10.8. The van der Waals surface area contributed by atoms with Crippen molar-refractivity contribution in [2.45, 2.75) is 76.8 Å². The average molecular weight is 583 g/mol. The summed E-state index contributed by atoms with van der Waals surface area (Å²) >= 11 is 12.5. The van der Waals surface area contributed by atoms with Crippen LogP contribution in [0, 0.1) is 16.7 Å². The Balaban J connectivity index is 2.14. The van der Waals surface area contributed by atoms with E-state index in [0.717, 1.165) is 5.56 Å². The molecule has 1 heterocycles. The van der Waals surface area contributed by atoms with Crippen molar-refractivity contribution in [3.05, 3.63) is 69.7 Å². The maximum absolute atomic E-state index is 13.8. The third-order valence-corrected chi connectivity index (χ3v) is 11.7. The van der Waals surface area contributed by atoms with Crippen LogP contribution < -0.4 is 5.32 Å². The number of carboxylic acid groups (broad SMARTS) is 1. The van der Waals surface area contributed by atoms with Crippen LogP contribution in [0.15, 0.2) is 48.5 Å². The second-order valence-corrected chi connectivity index (χ2v) is 15.1. The number of hydrogen-bond acceptors (Lipinski definition) is 4. The van der Waals surface area contributed by atoms with Gasteiger partial charge in [-0.15, -0.1) is 0 Å². The van der Waals surface area contributed by atoms with Crippen LogP contribution in [0.25, 0.3) is 0 Å². The highest BCUT2D eigenvalue weighted by atomic mass is 35.5. The van der Waals surface area contributed by atoms with E-state index in [1.165, 1.54) is 0 Å². The van der Waals surface area contributed by atoms with Crippen molar-refractivity contribution < 1.29 is 23.1 Å². The molecule has 0 aromatic heterocycles. The zero-order valence-corrected chi connectivity index (χ0v) is 25.0. The molecule has 2 N–H and O–H groups in total. The fourth-order valence-electron chi connectivity index (χ4n) is 5.81. The van der Waals surface area contributed by atoms with E-state index in [4.69, 9.17) is 23.2 Å². The number of carbonyl (C=O) groups excluding carboxylic acids is 1. The summed E-state index contributed by atoms with van der Waals surface area (Å²) in [4.78, 5) is 25.0. The first-order valence-electron chi connectivity index (χ1n) is 12.8. The number of aliphatic carboxylic acids is 1. The number of piperidine rings is 1. The lowest BCUT2D eigenvalue weighted by Gasteiger charge is -2.50. The summed E-state index contributed by atoms with van der Waals surface area (Å²) in [5, 5.41) is 12.2. The number of rotatable bonds is 9. The highest BCUT2D eigenvalue weighted by Gasteiger charge is 2.53. The number of nitrogens with one attached hydrogen (secondary N) is 1. The van der Waals surface area contributed by atoms with Gasteiger partial charge < -0.3 is 10.4 Å². The Morgan fingerprint density at radius 1 is 1.11 bits per heavy atom. The largest absolute Gasteiger partial charge is 0.481 e. The van der Waals surface area contributed by atoms with Gasteiger partial charge in [0.1, 0.15) is 0 Å². The molecule has 2 aromatic rings. The van der Waals surface area contributed by atoms with Crippen molar-refractivity contribution in [1.82, 2.24) is 5.32 Å². The molecule has 208 valence electrons. The zero-order chi connectivity index (χ0) is 28.6. The molecule has 0 bridgehead atoms. The molecule has 38 heavy (non-hydrogen) atoms. The van der Waals surface area contributed by atoms with Crippen LogP contribution in [0.5, 0.6) is 0 Å². The molecular formula is C29H37Cl2NO5S. The van der Waals surface area contributed by atoms with Crippen LogP contribution in [0.4, 0.5) is 0 Å². The molecule has 1 aliphatic heterocycles. The summed E-state index contributed by atoms with van der Waals surface area (Å²) in [6, 6.07) is 13.8. The van der Waals surface area contributed by atoms with Crippen LogP contribution in [0.2, 0.25) is 10.0 Å². The van der Waals surface area contributed by atoms with Gasteiger partial charge in [0.15, 0.2) is 9.84 Å². The first kappa shape index (κ1) is 30.5. The van der Waals surface area contributed by atoms with Gasteiger partial charge in [-0.25, -0.2) is 8.42 Å². The lowest BCUT2D eigenvalue weighted by Crippen LogP contribution is -2.58. The lowest BCUT2D eigenvalue weighted by atomic mass is 9.62. The first-order chi connectivity index (χ1) is 17.5. The first-order valence-corrected chi connectivity index (χ1v) is 15.1. The van der Waals surface area contributed by atoms with Gasteiger partial charge in [0, 0.05) is 22.0 Å². The molecule has 1 saturated heterocycles. The van der Waals surface area contributed by atoms with Gasteiger partial charge in [0.05, 0.1) is 22.3 Å². The van der Waals surface area contributed by atoms with Crippen molar-refractivity contribution in [3.63, 3.8) is 0 Å². The topological polar surface area (TPSA) is 101 Å². The molecule has 1 aliphatic rings. The number of carboxylic acids is 1. The zero-order valence-electron chi connectivity index (χ0n) is 22.7. The molecule has 1 fully saturated rings. The molecule has 0 aliphatic carbocycles. The van der Waals surface area contributed by atoms with E-state index in [1.54, 1.807) is 51.1 Å². The van der Waals surface area contributed by atoms with Gasteiger partial charge in [-0.05, 0) is 67.0 Å². The molecule has 0 saturated carbocycles. The van der Waals surface area contributed by atoms with Crippen molar-refractivity contribution in [2.75, 3.05) is 0 Å². The van der Waals surface area contributed by atoms with Crippen LogP contribution in [-0.2, 0) is 19.4 Å². The van der Waals surface area contributed by atoms with Crippen LogP contribution in [0.1, 0.15) is 76.7 Å². The summed E-state index contributed by atoms with van der Waals surface area (Å²) in [6.07, 6.45) is -0.0192. The summed E-state index contributed by atoms with van der Waals surface area (Å²) in [7, 11) is -3.64. The normalized spacial score (nSPS) is 24.1. The minimum Gasteiger partial charge on any atom is -0.481 e. The predicted molar refractivity (Wildman–Crippen MR) is 152 cm³/mol. The Hall–Kier alpha value is -2.09. The van der Waals surface area contributed by atoms with Crippen molar-refractivity contribution in [2.24, 2.45) is 16.7 Å². The van der Waals surface area contributed by atoms with Crippen molar-refractivity contribution in [1.29, 1.82) is 0 Å². The number of halogens is 2. The molecule has 9 heteroatoms. The Labute approximate surface area is 236 Å². The molecular weight excluding hydrogens is 545 g/mol. The van der Waals surface area contributed by atoms with E-state index >= 15 is 0 Å². The SMILES string of the molecule is CC([C@@H]1NC(=O)[C@](C)(CC(=O)O)C[C@@H]1c1cccc(Cl)c1)C(C)(C)[C@@H](c1ccc(Cl)cc1)S(=O)(=O)C(C)C. The van der Waals surface area contributed by atoms with E-state index in [1.807, 2.05) is 39.0 Å². The Morgan fingerprint density at radius 2 is 1.71 bits per heavy atom. The number of amides is 1. The Bertz CT molecular complexity index is 1290. The standard InChI is InChI=1S/C29H37Cl2NO5S/c1-17(2)38(36,37)26(19-10-12-21(30)13-11-19)28(4,5)18(3)25-23(20-8-7-9-22(31)14-20)15-29(6,16-24(33)34)27(35)32-25/h7-14,17-18,23,25-26H,15-16H2,1-6H3,(H,32,35)(H,33,34)/t18?,23-,25+,26-,29+/m1/s1. The van der Waals surface area contributed by atoms with Crippen LogP contribution >= 0.6 is 23.2 Å². The monoisotopic (exact) mass is 581 g/mol. The highest BCUT2D eigenvalue weighted by Crippen LogP contribution is 2.52. The number of benzene rings is 2. The fourth-order valence-corrected chi connectivity index (χ4v) is 8.27. The van der Waals surface area contributed by atoms with Gasteiger partial charge in [-0.1, -0.05) is 75.2 Å². The van der Waals surface area contributed by atoms with E-state index in [0.29, 0.717) is 22.0 Å². The smallest absolute Gasteiger partial charge is 0.304 e. The molecule has 0 spiro atoms. The van der Waals surface area contributed by atoms with Crippen LogP contribution in [-0.4, -0.2) is 36.7 Å². The second-order valence-electron chi connectivity index (χ2n) is 11.7. The van der Waals surface area contributed by atoms with Crippen molar-refractivity contribution in [3.8, 4) is 0 Å². The van der Waals surface area contributed by atoms with E-state index in [2.05, 4.69) is 5.32 Å². The second kappa shape index (κ2) is 11.2. The number of sulfone groups is 1. The maximum atomic E-state index is 13.8. The van der Waals surface area contributed by atoms with E-state index < -0.39 is 43.2 Å². The van der Waals surface area contributed by atoms with Gasteiger partial charge in [0.2, 0.25) is 5.91 Å². The maximum Gasteiger partial charge on any atom is 0.304 e. The minimum atomic E-state index is -3.64. The Kier molecular flexibility index (Phi) is 8.96. The average Bonchev–Trinajstić information content (AvgIpc) is 2.80. The van der Waals surface area contributed by atoms with Crippen LogP contribution in [0.3, 0.4) is 0 Å². The van der Waals surface area contributed by atoms with Crippen molar-refractivity contribution >= 4 is 44.9 Å². The van der Waals surface area contributed by atoms with Gasteiger partial charge >= 0.3 is 5.97 Å².